The number of esters is 1. The Balaban J connectivity index is 0.00000225. The standard InChI is InChI=1S/C21H25NO2.ClH/c23-21(24-17-9-16-22-14-7-8-15-22)20(18-10-3-1-4-11-18)19-12-5-2-6-13-19;/h1-6,10-13,20H,7-9,14-17H2;1H. The van der Waals surface area contributed by atoms with Crippen LogP contribution in [0.1, 0.15) is 36.3 Å². The molecule has 134 valence electrons. The van der Waals surface area contributed by atoms with Crippen molar-refractivity contribution in [2.24, 2.45) is 0 Å². The molecule has 2 aromatic carbocycles. The highest BCUT2D eigenvalue weighted by Crippen LogP contribution is 2.26. The zero-order valence-electron chi connectivity index (χ0n) is 14.5. The number of rotatable bonds is 7. The van der Waals surface area contributed by atoms with Gasteiger partial charge in [0.15, 0.2) is 0 Å². The maximum atomic E-state index is 12.7. The number of benzene rings is 2. The van der Waals surface area contributed by atoms with Gasteiger partial charge >= 0.3 is 5.97 Å². The van der Waals surface area contributed by atoms with Crippen molar-refractivity contribution in [2.75, 3.05) is 26.2 Å². The SMILES string of the molecule is Cl.O=C(OCCCN1CCCC1)C(c1ccccc1)c1ccccc1. The molecule has 0 spiro atoms. The maximum absolute atomic E-state index is 12.7. The van der Waals surface area contributed by atoms with Crippen molar-refractivity contribution in [2.45, 2.75) is 25.2 Å². The summed E-state index contributed by atoms with van der Waals surface area (Å²) < 4.78 is 5.61. The Morgan fingerprint density at radius 3 is 1.96 bits per heavy atom. The normalized spacial score (nSPS) is 14.3. The van der Waals surface area contributed by atoms with E-state index in [4.69, 9.17) is 4.74 Å². The molecule has 0 amide bonds. The van der Waals surface area contributed by atoms with Crippen LogP contribution in [0.25, 0.3) is 0 Å². The van der Waals surface area contributed by atoms with Gasteiger partial charge in [-0.2, -0.15) is 0 Å². The monoisotopic (exact) mass is 359 g/mol. The first kappa shape index (κ1) is 19.5. The first-order valence-electron chi connectivity index (χ1n) is 8.83. The Morgan fingerprint density at radius 1 is 0.920 bits per heavy atom. The molecular weight excluding hydrogens is 334 g/mol. The minimum Gasteiger partial charge on any atom is -0.465 e. The molecule has 25 heavy (non-hydrogen) atoms. The van der Waals surface area contributed by atoms with Crippen molar-refractivity contribution in [3.05, 3.63) is 71.8 Å². The topological polar surface area (TPSA) is 29.5 Å². The second-order valence-electron chi connectivity index (χ2n) is 6.32. The third kappa shape index (κ3) is 5.58. The first-order chi connectivity index (χ1) is 11.8. The van der Waals surface area contributed by atoms with Gasteiger partial charge in [0, 0.05) is 6.54 Å². The predicted octanol–water partition coefficient (Wildman–Crippen LogP) is 4.27. The van der Waals surface area contributed by atoms with Crippen LogP contribution in [-0.4, -0.2) is 37.1 Å². The van der Waals surface area contributed by atoms with Gasteiger partial charge in [0.1, 0.15) is 5.92 Å². The largest absolute Gasteiger partial charge is 0.465 e. The van der Waals surface area contributed by atoms with Gasteiger partial charge in [-0.05, 0) is 43.5 Å². The van der Waals surface area contributed by atoms with Gasteiger partial charge in [0.25, 0.3) is 0 Å². The van der Waals surface area contributed by atoms with Crippen LogP contribution < -0.4 is 0 Å². The van der Waals surface area contributed by atoms with Gasteiger partial charge in [0.2, 0.25) is 0 Å². The summed E-state index contributed by atoms with van der Waals surface area (Å²) in [7, 11) is 0. The molecule has 1 heterocycles. The summed E-state index contributed by atoms with van der Waals surface area (Å²) in [5.74, 6) is -0.506. The summed E-state index contributed by atoms with van der Waals surface area (Å²) in [6.45, 7) is 3.88. The number of carbonyl (C=O) groups excluding carboxylic acids is 1. The number of ether oxygens (including phenoxy) is 1. The molecule has 1 aliphatic rings. The summed E-state index contributed by atoms with van der Waals surface area (Å²) in [4.78, 5) is 15.1. The Morgan fingerprint density at radius 2 is 1.44 bits per heavy atom. The van der Waals surface area contributed by atoms with E-state index in [0.717, 1.165) is 24.1 Å². The molecule has 0 atom stereocenters. The second-order valence-corrected chi connectivity index (χ2v) is 6.32. The fourth-order valence-electron chi connectivity index (χ4n) is 3.31. The van der Waals surface area contributed by atoms with Crippen molar-refractivity contribution in [3.8, 4) is 0 Å². The van der Waals surface area contributed by atoms with Crippen LogP contribution in [0.2, 0.25) is 0 Å². The van der Waals surface area contributed by atoms with E-state index in [-0.39, 0.29) is 24.3 Å². The van der Waals surface area contributed by atoms with E-state index in [0.29, 0.717) is 6.61 Å². The number of hydrogen-bond acceptors (Lipinski definition) is 3. The highest BCUT2D eigenvalue weighted by atomic mass is 35.5. The van der Waals surface area contributed by atoms with Gasteiger partial charge in [-0.1, -0.05) is 60.7 Å². The molecule has 0 radical (unpaired) electrons. The third-order valence-electron chi connectivity index (χ3n) is 4.56. The molecule has 1 fully saturated rings. The Kier molecular flexibility index (Phi) is 7.96. The third-order valence-corrected chi connectivity index (χ3v) is 4.56. The van der Waals surface area contributed by atoms with Gasteiger partial charge in [-0.15, -0.1) is 12.4 Å². The van der Waals surface area contributed by atoms with Crippen LogP contribution in [0, 0.1) is 0 Å². The average Bonchev–Trinajstić information content (AvgIpc) is 3.14. The van der Waals surface area contributed by atoms with Crippen molar-refractivity contribution < 1.29 is 9.53 Å². The molecule has 4 heteroatoms. The Bertz CT molecular complexity index is 587. The quantitative estimate of drug-likeness (QED) is 0.546. The Hall–Kier alpha value is -1.84. The predicted molar refractivity (Wildman–Crippen MR) is 103 cm³/mol. The first-order valence-corrected chi connectivity index (χ1v) is 8.83. The van der Waals surface area contributed by atoms with Crippen LogP contribution in [0.3, 0.4) is 0 Å². The zero-order chi connectivity index (χ0) is 16.6. The summed E-state index contributed by atoms with van der Waals surface area (Å²) in [6.07, 6.45) is 3.50. The maximum Gasteiger partial charge on any atom is 0.317 e. The fraction of sp³-hybridized carbons (Fsp3) is 0.381. The van der Waals surface area contributed by atoms with Crippen molar-refractivity contribution in [1.29, 1.82) is 0 Å². The van der Waals surface area contributed by atoms with Crippen LogP contribution in [0.4, 0.5) is 0 Å². The molecule has 3 nitrogen and oxygen atoms in total. The minimum absolute atomic E-state index is 0. The van der Waals surface area contributed by atoms with Gasteiger partial charge in [-0.25, -0.2) is 0 Å². The Labute approximate surface area is 156 Å². The van der Waals surface area contributed by atoms with Gasteiger partial charge < -0.3 is 9.64 Å². The van der Waals surface area contributed by atoms with Gasteiger partial charge in [-0.3, -0.25) is 4.79 Å². The molecule has 0 aromatic heterocycles. The highest BCUT2D eigenvalue weighted by Gasteiger charge is 2.24. The van der Waals surface area contributed by atoms with Crippen molar-refractivity contribution in [3.63, 3.8) is 0 Å². The van der Waals surface area contributed by atoms with E-state index < -0.39 is 0 Å². The average molecular weight is 360 g/mol. The molecule has 0 aliphatic carbocycles. The summed E-state index contributed by atoms with van der Waals surface area (Å²) in [5.41, 5.74) is 1.96. The van der Waals surface area contributed by atoms with E-state index in [1.54, 1.807) is 0 Å². The lowest BCUT2D eigenvalue weighted by Crippen LogP contribution is -2.23. The number of nitrogens with zero attached hydrogens (tertiary/aromatic N) is 1. The number of likely N-dealkylation sites (tertiary alicyclic amines) is 1. The molecule has 1 saturated heterocycles. The van der Waals surface area contributed by atoms with Gasteiger partial charge in [0.05, 0.1) is 6.61 Å². The smallest absolute Gasteiger partial charge is 0.317 e. The van der Waals surface area contributed by atoms with E-state index in [9.17, 15) is 4.79 Å². The second kappa shape index (κ2) is 10.2. The minimum atomic E-state index is -0.348. The molecular formula is C21H26ClNO2. The van der Waals surface area contributed by atoms with E-state index in [1.807, 2.05) is 60.7 Å². The van der Waals surface area contributed by atoms with E-state index in [2.05, 4.69) is 4.90 Å². The molecule has 0 N–H and O–H groups in total. The van der Waals surface area contributed by atoms with Crippen LogP contribution in [-0.2, 0) is 9.53 Å². The van der Waals surface area contributed by atoms with Crippen molar-refractivity contribution in [1.82, 2.24) is 4.90 Å². The summed E-state index contributed by atoms with van der Waals surface area (Å²) >= 11 is 0. The lowest BCUT2D eigenvalue weighted by molar-refractivity contribution is -0.144. The van der Waals surface area contributed by atoms with Crippen molar-refractivity contribution >= 4 is 18.4 Å². The molecule has 2 aromatic rings. The number of hydrogen-bond donors (Lipinski definition) is 0. The van der Waals surface area contributed by atoms with Crippen LogP contribution in [0.15, 0.2) is 60.7 Å². The lowest BCUT2D eigenvalue weighted by Gasteiger charge is -2.18. The van der Waals surface area contributed by atoms with Crippen LogP contribution >= 0.6 is 12.4 Å². The zero-order valence-corrected chi connectivity index (χ0v) is 15.3. The molecule has 1 aliphatic heterocycles. The van der Waals surface area contributed by atoms with E-state index >= 15 is 0 Å². The summed E-state index contributed by atoms with van der Waals surface area (Å²) in [6, 6.07) is 19.7. The molecule has 0 unspecified atom stereocenters. The molecule has 3 rings (SSSR count). The number of halogens is 1. The number of carbonyl (C=O) groups is 1. The lowest BCUT2D eigenvalue weighted by atomic mass is 9.91. The molecule has 0 bridgehead atoms. The highest BCUT2D eigenvalue weighted by molar-refractivity contribution is 5.85. The molecule has 0 saturated carbocycles. The van der Waals surface area contributed by atoms with Crippen LogP contribution in [0.5, 0.6) is 0 Å². The van der Waals surface area contributed by atoms with E-state index in [1.165, 1.54) is 25.9 Å². The fourth-order valence-corrected chi connectivity index (χ4v) is 3.31. The summed E-state index contributed by atoms with van der Waals surface area (Å²) in [5, 5.41) is 0.